The summed E-state index contributed by atoms with van der Waals surface area (Å²) in [6.45, 7) is 2.06. The molecule has 8 nitrogen and oxygen atoms in total. The second-order valence-corrected chi connectivity index (χ2v) is 9.08. The van der Waals surface area contributed by atoms with Gasteiger partial charge in [-0.1, -0.05) is 89.8 Å². The molecule has 5 rings (SSSR count). The minimum Gasteiger partial charge on any atom is -0.324 e. The van der Waals surface area contributed by atoms with Crippen LogP contribution < -0.4 is 5.32 Å². The molecule has 0 saturated heterocycles. The Hall–Kier alpha value is -4.37. The highest BCUT2D eigenvalue weighted by atomic mass is 32.2. The Morgan fingerprint density at radius 1 is 0.861 bits per heavy atom. The molecule has 0 aliphatic heterocycles. The summed E-state index contributed by atoms with van der Waals surface area (Å²) in [5, 5.41) is 20.5. The Bertz CT molecular complexity index is 1470. The molecule has 0 aliphatic rings. The van der Waals surface area contributed by atoms with Crippen LogP contribution in [0.15, 0.2) is 96.3 Å². The third kappa shape index (κ3) is 5.81. The first kappa shape index (κ1) is 23.4. The number of amides is 1. The number of carbonyl (C=O) groups is 1. The second kappa shape index (κ2) is 10.9. The molecular weight excluding hydrogens is 470 g/mol. The molecule has 0 radical (unpaired) electrons. The average Bonchev–Trinajstić information content (AvgIpc) is 3.35. The van der Waals surface area contributed by atoms with Crippen LogP contribution in [-0.4, -0.2) is 36.1 Å². The summed E-state index contributed by atoms with van der Waals surface area (Å²) in [4.78, 5) is 17.2. The van der Waals surface area contributed by atoms with Crippen molar-refractivity contribution in [1.82, 2.24) is 30.2 Å². The van der Waals surface area contributed by atoms with Gasteiger partial charge in [0.15, 0.2) is 0 Å². The number of aromatic nitrogens is 6. The van der Waals surface area contributed by atoms with E-state index in [4.69, 9.17) is 4.98 Å². The highest BCUT2D eigenvalue weighted by Gasteiger charge is 2.14. The van der Waals surface area contributed by atoms with Gasteiger partial charge < -0.3 is 5.32 Å². The normalized spacial score (nSPS) is 10.8. The van der Waals surface area contributed by atoms with E-state index in [-0.39, 0.29) is 12.5 Å². The number of anilines is 1. The Balaban J connectivity index is 1.27. The van der Waals surface area contributed by atoms with Crippen molar-refractivity contribution in [3.8, 4) is 22.5 Å². The van der Waals surface area contributed by atoms with Crippen LogP contribution in [0.2, 0.25) is 0 Å². The van der Waals surface area contributed by atoms with E-state index in [0.717, 1.165) is 39.5 Å². The zero-order valence-corrected chi connectivity index (χ0v) is 20.4. The molecule has 5 aromatic rings. The molecule has 2 aromatic heterocycles. The van der Waals surface area contributed by atoms with E-state index in [0.29, 0.717) is 10.9 Å². The van der Waals surface area contributed by atoms with Crippen molar-refractivity contribution < 1.29 is 4.79 Å². The van der Waals surface area contributed by atoms with Gasteiger partial charge in [-0.25, -0.2) is 9.67 Å². The number of hydrogen-bond acceptors (Lipinski definition) is 7. The number of thioether (sulfide) groups is 1. The topological polar surface area (TPSA) is 98.5 Å². The molecule has 1 N–H and O–H groups in total. The van der Waals surface area contributed by atoms with Crippen LogP contribution in [0, 0.1) is 6.92 Å². The highest BCUT2D eigenvalue weighted by Crippen LogP contribution is 2.30. The SMILES string of the molecule is Cc1cccc(NC(=O)Cn2cc(CSc3nnc(-c4ccccc4)c(-c4ccccc4)n3)nn2)c1. The third-order valence-corrected chi connectivity index (χ3v) is 6.18. The summed E-state index contributed by atoms with van der Waals surface area (Å²) < 4.78 is 1.52. The minimum absolute atomic E-state index is 0.0770. The molecule has 0 unspecified atom stereocenters. The lowest BCUT2D eigenvalue weighted by molar-refractivity contribution is -0.116. The Kier molecular flexibility index (Phi) is 7.09. The molecule has 0 fully saturated rings. The van der Waals surface area contributed by atoms with E-state index in [1.807, 2.05) is 91.9 Å². The fourth-order valence-corrected chi connectivity index (χ4v) is 4.31. The maximum atomic E-state index is 12.4. The summed E-state index contributed by atoms with van der Waals surface area (Å²) in [7, 11) is 0. The predicted molar refractivity (Wildman–Crippen MR) is 140 cm³/mol. The lowest BCUT2D eigenvalue weighted by Gasteiger charge is -2.09. The largest absolute Gasteiger partial charge is 0.324 e. The summed E-state index contributed by atoms with van der Waals surface area (Å²) in [6, 6.07) is 27.5. The molecule has 3 aromatic carbocycles. The van der Waals surface area contributed by atoms with Gasteiger partial charge in [0.1, 0.15) is 17.9 Å². The van der Waals surface area contributed by atoms with Crippen molar-refractivity contribution in [2.45, 2.75) is 24.4 Å². The fraction of sp³-hybridized carbons (Fsp3) is 0.111. The van der Waals surface area contributed by atoms with E-state index < -0.39 is 0 Å². The van der Waals surface area contributed by atoms with Crippen LogP contribution in [0.3, 0.4) is 0 Å². The first-order valence-corrected chi connectivity index (χ1v) is 12.4. The Morgan fingerprint density at radius 2 is 1.58 bits per heavy atom. The van der Waals surface area contributed by atoms with E-state index in [1.165, 1.54) is 16.4 Å². The summed E-state index contributed by atoms with van der Waals surface area (Å²) >= 11 is 1.42. The second-order valence-electron chi connectivity index (χ2n) is 8.14. The van der Waals surface area contributed by atoms with Crippen LogP contribution in [0.25, 0.3) is 22.5 Å². The Morgan fingerprint density at radius 3 is 2.31 bits per heavy atom. The maximum absolute atomic E-state index is 12.4. The monoisotopic (exact) mass is 493 g/mol. The van der Waals surface area contributed by atoms with Crippen molar-refractivity contribution in [2.24, 2.45) is 0 Å². The van der Waals surface area contributed by atoms with Crippen molar-refractivity contribution in [3.05, 3.63) is 102 Å². The number of aryl methyl sites for hydroxylation is 1. The number of nitrogens with zero attached hydrogens (tertiary/aromatic N) is 6. The van der Waals surface area contributed by atoms with Crippen LogP contribution in [0.1, 0.15) is 11.3 Å². The van der Waals surface area contributed by atoms with Gasteiger partial charge in [-0.2, -0.15) is 0 Å². The molecular formula is C27H23N7OS. The van der Waals surface area contributed by atoms with Crippen LogP contribution in [0.4, 0.5) is 5.69 Å². The molecule has 1 amide bonds. The standard InChI is InChI=1S/C27H23N7OS/c1-19-9-8-14-22(15-19)28-24(35)17-34-16-23(30-33-34)18-36-27-29-25(20-10-4-2-5-11-20)26(31-32-27)21-12-6-3-7-13-21/h2-16H,17-18H2,1H3,(H,28,35). The number of rotatable bonds is 8. The minimum atomic E-state index is -0.166. The van der Waals surface area contributed by atoms with E-state index in [9.17, 15) is 4.79 Å². The summed E-state index contributed by atoms with van der Waals surface area (Å²) in [5.74, 6) is 0.335. The van der Waals surface area contributed by atoms with Crippen molar-refractivity contribution in [1.29, 1.82) is 0 Å². The van der Waals surface area contributed by atoms with Gasteiger partial charge in [0, 0.05) is 28.8 Å². The zero-order chi connectivity index (χ0) is 24.7. The van der Waals surface area contributed by atoms with Crippen molar-refractivity contribution in [3.63, 3.8) is 0 Å². The van der Waals surface area contributed by atoms with Crippen LogP contribution >= 0.6 is 11.8 Å². The molecule has 0 bridgehead atoms. The smallest absolute Gasteiger partial charge is 0.246 e. The van der Waals surface area contributed by atoms with E-state index >= 15 is 0 Å². The van der Waals surface area contributed by atoms with Crippen molar-refractivity contribution >= 4 is 23.4 Å². The molecule has 36 heavy (non-hydrogen) atoms. The third-order valence-electron chi connectivity index (χ3n) is 5.30. The van der Waals surface area contributed by atoms with Crippen molar-refractivity contribution in [2.75, 3.05) is 5.32 Å². The van der Waals surface area contributed by atoms with Crippen LogP contribution in [-0.2, 0) is 17.1 Å². The number of carbonyl (C=O) groups excluding carboxylic acids is 1. The van der Waals surface area contributed by atoms with Gasteiger partial charge in [-0.05, 0) is 24.6 Å². The first-order chi connectivity index (χ1) is 17.6. The predicted octanol–water partition coefficient (Wildman–Crippen LogP) is 5.04. The molecule has 0 atom stereocenters. The van der Waals surface area contributed by atoms with Gasteiger partial charge in [0.2, 0.25) is 11.1 Å². The van der Waals surface area contributed by atoms with Gasteiger partial charge in [-0.3, -0.25) is 4.79 Å². The molecule has 0 spiro atoms. The summed E-state index contributed by atoms with van der Waals surface area (Å²) in [5.41, 5.74) is 6.00. The lowest BCUT2D eigenvalue weighted by atomic mass is 10.0. The molecule has 2 heterocycles. The van der Waals surface area contributed by atoms with Gasteiger partial charge in [-0.15, -0.1) is 15.3 Å². The molecule has 178 valence electrons. The fourth-order valence-electron chi connectivity index (χ4n) is 3.65. The zero-order valence-electron chi connectivity index (χ0n) is 19.6. The number of benzene rings is 3. The lowest BCUT2D eigenvalue weighted by Crippen LogP contribution is -2.19. The molecule has 9 heteroatoms. The van der Waals surface area contributed by atoms with Gasteiger partial charge >= 0.3 is 0 Å². The van der Waals surface area contributed by atoms with Gasteiger partial charge in [0.05, 0.1) is 5.69 Å². The molecule has 0 aliphatic carbocycles. The van der Waals surface area contributed by atoms with Crippen LogP contribution in [0.5, 0.6) is 0 Å². The first-order valence-electron chi connectivity index (χ1n) is 11.4. The van der Waals surface area contributed by atoms with E-state index in [2.05, 4.69) is 25.8 Å². The molecule has 0 saturated carbocycles. The Labute approximate surface area is 212 Å². The maximum Gasteiger partial charge on any atom is 0.246 e. The summed E-state index contributed by atoms with van der Waals surface area (Å²) in [6.07, 6.45) is 1.76. The van der Waals surface area contributed by atoms with Gasteiger partial charge in [0.25, 0.3) is 0 Å². The average molecular weight is 494 g/mol. The quantitative estimate of drug-likeness (QED) is 0.303. The number of hydrogen-bond donors (Lipinski definition) is 1. The van der Waals surface area contributed by atoms with E-state index in [1.54, 1.807) is 6.20 Å². The highest BCUT2D eigenvalue weighted by molar-refractivity contribution is 7.98. The number of nitrogens with one attached hydrogen (secondary N) is 1.